The summed E-state index contributed by atoms with van der Waals surface area (Å²) in [6.45, 7) is 8.99. The van der Waals surface area contributed by atoms with Crippen molar-refractivity contribution in [2.24, 2.45) is 11.8 Å². The monoisotopic (exact) mass is 310 g/mol. The van der Waals surface area contributed by atoms with Crippen LogP contribution < -0.4 is 5.32 Å². The van der Waals surface area contributed by atoms with Crippen molar-refractivity contribution in [2.45, 2.75) is 53.0 Å². The molecule has 1 saturated heterocycles. The number of hydrogen-bond donors (Lipinski definition) is 1. The molecule has 0 saturated carbocycles. The fourth-order valence-electron chi connectivity index (χ4n) is 2.68. The number of carbonyl (C=O) groups excluding carboxylic acids is 1. The van der Waals surface area contributed by atoms with Crippen LogP contribution in [0.1, 0.15) is 51.5 Å². The molecule has 1 fully saturated rings. The van der Waals surface area contributed by atoms with Crippen LogP contribution in [0.3, 0.4) is 0 Å². The summed E-state index contributed by atoms with van der Waals surface area (Å²) in [5, 5.41) is 13.3. The molecule has 1 aliphatic heterocycles. The first kappa shape index (κ1) is 16.2. The molecular formula is C15H26N4OS. The van der Waals surface area contributed by atoms with E-state index in [1.807, 2.05) is 4.90 Å². The fourth-order valence-corrected chi connectivity index (χ4v) is 3.46. The molecule has 0 bridgehead atoms. The minimum Gasteiger partial charge on any atom is -0.360 e. The van der Waals surface area contributed by atoms with Crippen LogP contribution in [0.5, 0.6) is 0 Å². The van der Waals surface area contributed by atoms with Crippen molar-refractivity contribution in [1.82, 2.24) is 15.1 Å². The average Bonchev–Trinajstić information content (AvgIpc) is 2.82. The molecule has 0 aliphatic carbocycles. The van der Waals surface area contributed by atoms with E-state index in [4.69, 9.17) is 0 Å². The average molecular weight is 310 g/mol. The van der Waals surface area contributed by atoms with Gasteiger partial charge in [0.15, 0.2) is 0 Å². The molecule has 2 rings (SSSR count). The van der Waals surface area contributed by atoms with Crippen molar-refractivity contribution in [3.05, 3.63) is 5.01 Å². The predicted octanol–water partition coefficient (Wildman–Crippen LogP) is 3.14. The Morgan fingerprint density at radius 2 is 2.19 bits per heavy atom. The number of anilines is 1. The summed E-state index contributed by atoms with van der Waals surface area (Å²) in [5.41, 5.74) is 0. The van der Waals surface area contributed by atoms with E-state index in [0.29, 0.717) is 24.8 Å². The van der Waals surface area contributed by atoms with E-state index >= 15 is 0 Å². The largest absolute Gasteiger partial charge is 0.360 e. The smallest absolute Gasteiger partial charge is 0.222 e. The molecule has 6 heteroatoms. The number of hydrogen-bond acceptors (Lipinski definition) is 5. The number of aromatic nitrogens is 2. The molecule has 21 heavy (non-hydrogen) atoms. The van der Waals surface area contributed by atoms with Gasteiger partial charge in [0.1, 0.15) is 5.01 Å². The maximum absolute atomic E-state index is 12.2. The highest BCUT2D eigenvalue weighted by molar-refractivity contribution is 7.15. The van der Waals surface area contributed by atoms with Crippen LogP contribution in [0.4, 0.5) is 5.13 Å². The van der Waals surface area contributed by atoms with E-state index in [1.54, 1.807) is 11.3 Å². The van der Waals surface area contributed by atoms with Gasteiger partial charge in [0.2, 0.25) is 11.0 Å². The normalized spacial score (nSPS) is 19.9. The van der Waals surface area contributed by atoms with Gasteiger partial charge in [-0.15, -0.1) is 10.2 Å². The van der Waals surface area contributed by atoms with Gasteiger partial charge in [-0.3, -0.25) is 4.79 Å². The van der Waals surface area contributed by atoms with E-state index in [9.17, 15) is 4.79 Å². The van der Waals surface area contributed by atoms with E-state index in [0.717, 1.165) is 42.5 Å². The molecule has 1 aromatic rings. The van der Waals surface area contributed by atoms with Gasteiger partial charge in [0, 0.05) is 19.5 Å². The maximum atomic E-state index is 12.2. The third-order valence-electron chi connectivity index (χ3n) is 4.11. The van der Waals surface area contributed by atoms with Gasteiger partial charge in [-0.05, 0) is 31.1 Å². The molecule has 2 heterocycles. The summed E-state index contributed by atoms with van der Waals surface area (Å²) in [6, 6.07) is 0. The number of rotatable bonds is 6. The van der Waals surface area contributed by atoms with Gasteiger partial charge < -0.3 is 10.2 Å². The lowest BCUT2D eigenvalue weighted by atomic mass is 9.89. The van der Waals surface area contributed by atoms with Crippen LogP contribution in [0.25, 0.3) is 0 Å². The first-order chi connectivity index (χ1) is 10.1. The Morgan fingerprint density at radius 1 is 1.38 bits per heavy atom. The van der Waals surface area contributed by atoms with Crippen LogP contribution in [0.15, 0.2) is 0 Å². The Kier molecular flexibility index (Phi) is 5.96. The zero-order valence-electron chi connectivity index (χ0n) is 13.3. The van der Waals surface area contributed by atoms with E-state index in [-0.39, 0.29) is 5.91 Å². The summed E-state index contributed by atoms with van der Waals surface area (Å²) in [5.74, 6) is 1.58. The first-order valence-electron chi connectivity index (χ1n) is 7.94. The lowest BCUT2D eigenvalue weighted by Gasteiger charge is -2.20. The van der Waals surface area contributed by atoms with Crippen molar-refractivity contribution >= 4 is 22.4 Å². The highest BCUT2D eigenvalue weighted by Crippen LogP contribution is 2.26. The predicted molar refractivity (Wildman–Crippen MR) is 86.3 cm³/mol. The minimum absolute atomic E-state index is 0.261. The second kappa shape index (κ2) is 7.73. The summed E-state index contributed by atoms with van der Waals surface area (Å²) in [7, 11) is 0. The van der Waals surface area contributed by atoms with Crippen molar-refractivity contribution in [2.75, 3.05) is 18.4 Å². The van der Waals surface area contributed by atoms with E-state index in [1.165, 1.54) is 0 Å². The Hall–Kier alpha value is -1.17. The summed E-state index contributed by atoms with van der Waals surface area (Å²) in [6.07, 6.45) is 3.86. The Morgan fingerprint density at radius 3 is 2.90 bits per heavy atom. The molecule has 0 radical (unpaired) electrons. The lowest BCUT2D eigenvalue weighted by Crippen LogP contribution is -2.29. The highest BCUT2D eigenvalue weighted by Gasteiger charge is 2.25. The Balaban J connectivity index is 1.92. The van der Waals surface area contributed by atoms with Crippen LogP contribution in [-0.4, -0.2) is 34.1 Å². The third kappa shape index (κ3) is 4.66. The molecule has 5 nitrogen and oxygen atoms in total. The van der Waals surface area contributed by atoms with E-state index < -0.39 is 0 Å². The van der Waals surface area contributed by atoms with Gasteiger partial charge in [0.05, 0.1) is 6.54 Å². The molecule has 1 aromatic heterocycles. The van der Waals surface area contributed by atoms with Gasteiger partial charge in [-0.2, -0.15) is 0 Å². The minimum atomic E-state index is 0.261. The quantitative estimate of drug-likeness (QED) is 0.877. The topological polar surface area (TPSA) is 58.1 Å². The molecule has 118 valence electrons. The van der Waals surface area contributed by atoms with Gasteiger partial charge in [-0.1, -0.05) is 32.1 Å². The third-order valence-corrected chi connectivity index (χ3v) is 4.98. The number of carbonyl (C=O) groups is 1. The van der Waals surface area contributed by atoms with Crippen LogP contribution >= 0.6 is 11.3 Å². The molecule has 0 spiro atoms. The lowest BCUT2D eigenvalue weighted by molar-refractivity contribution is -0.131. The van der Waals surface area contributed by atoms with Gasteiger partial charge in [0.25, 0.3) is 0 Å². The number of nitrogens with one attached hydrogen (secondary N) is 1. The van der Waals surface area contributed by atoms with E-state index in [2.05, 4.69) is 36.3 Å². The second-order valence-corrected chi connectivity index (χ2v) is 7.14. The number of nitrogens with zero attached hydrogens (tertiary/aromatic N) is 3. The van der Waals surface area contributed by atoms with Crippen molar-refractivity contribution in [1.29, 1.82) is 0 Å². The molecule has 1 aliphatic rings. The second-order valence-electron chi connectivity index (χ2n) is 6.07. The molecule has 0 aromatic carbocycles. The SMILES string of the molecule is CCCNc1nnc(CN2CCC(C(C)C)CCC2=O)s1. The molecule has 1 atom stereocenters. The van der Waals surface area contributed by atoms with Crippen LogP contribution in [-0.2, 0) is 11.3 Å². The summed E-state index contributed by atoms with van der Waals surface area (Å²) < 4.78 is 0. The molecular weight excluding hydrogens is 284 g/mol. The maximum Gasteiger partial charge on any atom is 0.222 e. The number of amides is 1. The molecule has 1 unspecified atom stereocenters. The van der Waals surface area contributed by atoms with Crippen molar-refractivity contribution in [3.8, 4) is 0 Å². The highest BCUT2D eigenvalue weighted by atomic mass is 32.1. The van der Waals surface area contributed by atoms with Gasteiger partial charge >= 0.3 is 0 Å². The van der Waals surface area contributed by atoms with Crippen LogP contribution in [0.2, 0.25) is 0 Å². The zero-order valence-corrected chi connectivity index (χ0v) is 14.1. The standard InChI is InChI=1S/C15H26N4OS/c1-4-8-16-15-18-17-13(21-15)10-19-9-7-12(11(2)3)5-6-14(19)20/h11-12H,4-10H2,1-3H3,(H,16,18). The van der Waals surface area contributed by atoms with Crippen LogP contribution in [0, 0.1) is 11.8 Å². The number of likely N-dealkylation sites (tertiary alicyclic amines) is 1. The zero-order chi connectivity index (χ0) is 15.2. The molecule has 1 amide bonds. The Labute approximate surface area is 131 Å². The van der Waals surface area contributed by atoms with Gasteiger partial charge in [-0.25, -0.2) is 0 Å². The summed E-state index contributed by atoms with van der Waals surface area (Å²) >= 11 is 1.56. The van der Waals surface area contributed by atoms with Crippen molar-refractivity contribution < 1.29 is 4.79 Å². The fraction of sp³-hybridized carbons (Fsp3) is 0.800. The Bertz CT molecular complexity index is 460. The summed E-state index contributed by atoms with van der Waals surface area (Å²) in [4.78, 5) is 14.2. The first-order valence-corrected chi connectivity index (χ1v) is 8.75. The molecule has 1 N–H and O–H groups in total. The van der Waals surface area contributed by atoms with Crippen molar-refractivity contribution in [3.63, 3.8) is 0 Å².